The molecular weight excluding hydrogens is 220 g/mol. The van der Waals surface area contributed by atoms with Gasteiger partial charge in [0, 0.05) is 7.05 Å². The number of imidazole rings is 1. The van der Waals surface area contributed by atoms with Gasteiger partial charge in [-0.25, -0.2) is 10.2 Å². The Kier molecular flexibility index (Phi) is 2.68. The molecular formula is C6H8N6O2S. The highest BCUT2D eigenvalue weighted by atomic mass is 32.2. The van der Waals surface area contributed by atoms with E-state index >= 15 is 0 Å². The van der Waals surface area contributed by atoms with Crippen LogP contribution in [0, 0.1) is 5.21 Å². The Labute approximate surface area is 88.5 Å². The lowest BCUT2D eigenvalue weighted by atomic mass is 10.8. The molecule has 0 saturated carbocycles. The summed E-state index contributed by atoms with van der Waals surface area (Å²) in [6, 6.07) is 0. The van der Waals surface area contributed by atoms with Gasteiger partial charge in [-0.15, -0.1) is 0 Å². The summed E-state index contributed by atoms with van der Waals surface area (Å²) in [5.74, 6) is 0.0129. The van der Waals surface area contributed by atoms with Gasteiger partial charge in [0.15, 0.2) is 10.2 Å². The Morgan fingerprint density at radius 1 is 1.60 bits per heavy atom. The molecule has 3 N–H and O–H groups in total. The summed E-state index contributed by atoms with van der Waals surface area (Å²) in [5.41, 5.74) is 0. The lowest BCUT2D eigenvalue weighted by Gasteiger charge is -2.09. The molecule has 0 radical (unpaired) electrons. The highest BCUT2D eigenvalue weighted by molar-refractivity contribution is 7.99. The average Bonchev–Trinajstić information content (AvgIpc) is 2.78. The number of aryl methyl sites for hydroxylation is 1. The van der Waals surface area contributed by atoms with E-state index in [1.807, 2.05) is 0 Å². The molecule has 2 aromatic heterocycles. The third kappa shape index (κ3) is 1.99. The van der Waals surface area contributed by atoms with Gasteiger partial charge < -0.3 is 9.77 Å². The summed E-state index contributed by atoms with van der Waals surface area (Å²) in [4.78, 5) is 7.67. The molecule has 2 rings (SSSR count). The number of hydrogen-bond acceptors (Lipinski definition) is 6. The monoisotopic (exact) mass is 228 g/mol. The molecule has 1 unspecified atom stereocenters. The first-order chi connectivity index (χ1) is 7.18. The Balaban J connectivity index is 2.31. The second-order valence-electron chi connectivity index (χ2n) is 2.71. The predicted octanol–water partition coefficient (Wildman–Crippen LogP) is -0.907. The van der Waals surface area contributed by atoms with Gasteiger partial charge in [0.2, 0.25) is 0 Å². The van der Waals surface area contributed by atoms with Crippen LogP contribution >= 0.6 is 11.8 Å². The third-order valence-corrected chi connectivity index (χ3v) is 2.74. The fourth-order valence-corrected chi connectivity index (χ4v) is 1.83. The molecule has 2 aromatic rings. The van der Waals surface area contributed by atoms with E-state index in [4.69, 9.17) is 5.21 Å². The van der Waals surface area contributed by atoms with Crippen LogP contribution < -0.4 is 5.23 Å². The van der Waals surface area contributed by atoms with Crippen molar-refractivity contribution in [1.82, 2.24) is 24.7 Å². The van der Waals surface area contributed by atoms with Crippen LogP contribution in [0.15, 0.2) is 22.8 Å². The van der Waals surface area contributed by atoms with E-state index in [1.165, 1.54) is 24.4 Å². The van der Waals surface area contributed by atoms with Crippen LogP contribution in [0.3, 0.4) is 0 Å². The maximum absolute atomic E-state index is 10.8. The molecule has 2 heterocycles. The van der Waals surface area contributed by atoms with Crippen molar-refractivity contribution >= 4 is 17.6 Å². The molecule has 0 aliphatic heterocycles. The van der Waals surface area contributed by atoms with Crippen LogP contribution in [0.25, 0.3) is 0 Å². The largest absolute Gasteiger partial charge is 0.594 e. The second kappa shape index (κ2) is 3.98. The summed E-state index contributed by atoms with van der Waals surface area (Å²) in [5, 5.41) is 26.0. The minimum Gasteiger partial charge on any atom is -0.594 e. The maximum Gasteiger partial charge on any atom is 0.291 e. The second-order valence-corrected chi connectivity index (χ2v) is 3.68. The Hall–Kier alpha value is -1.42. The van der Waals surface area contributed by atoms with Crippen molar-refractivity contribution in [2.24, 2.45) is 7.05 Å². The van der Waals surface area contributed by atoms with Crippen LogP contribution in [0.4, 0.5) is 5.82 Å². The van der Waals surface area contributed by atoms with E-state index in [1.54, 1.807) is 11.6 Å². The fraction of sp³-hybridized carbons (Fsp3) is 0.167. The van der Waals surface area contributed by atoms with E-state index in [0.717, 1.165) is 0 Å². The van der Waals surface area contributed by atoms with E-state index in [-0.39, 0.29) is 5.82 Å². The molecule has 0 saturated heterocycles. The SMILES string of the molecule is Cn1cnc([NH+]([O-])O)c1Sc1ncn[nH]1. The van der Waals surface area contributed by atoms with Crippen molar-refractivity contribution in [3.63, 3.8) is 0 Å². The minimum atomic E-state index is -1.06. The fourth-order valence-electron chi connectivity index (χ4n) is 1.02. The van der Waals surface area contributed by atoms with E-state index < -0.39 is 5.23 Å². The van der Waals surface area contributed by atoms with Gasteiger partial charge >= 0.3 is 0 Å². The van der Waals surface area contributed by atoms with Gasteiger partial charge in [0.25, 0.3) is 5.82 Å². The van der Waals surface area contributed by atoms with Gasteiger partial charge in [-0.1, -0.05) is 0 Å². The zero-order valence-electron chi connectivity index (χ0n) is 7.71. The Bertz CT molecular complexity index is 438. The molecule has 0 fully saturated rings. The molecule has 0 aliphatic carbocycles. The number of nitrogens with zero attached hydrogens (tertiary/aromatic N) is 4. The number of H-pyrrole nitrogens is 1. The van der Waals surface area contributed by atoms with Crippen LogP contribution in [-0.2, 0) is 7.05 Å². The topological polar surface area (TPSA) is 107 Å². The zero-order valence-corrected chi connectivity index (χ0v) is 8.52. The highest BCUT2D eigenvalue weighted by Crippen LogP contribution is 2.27. The van der Waals surface area contributed by atoms with Crippen molar-refractivity contribution in [3.8, 4) is 0 Å². The predicted molar refractivity (Wildman–Crippen MR) is 49.5 cm³/mol. The summed E-state index contributed by atoms with van der Waals surface area (Å²) < 4.78 is 1.62. The number of aromatic nitrogens is 5. The molecule has 0 aromatic carbocycles. The molecule has 0 aliphatic rings. The number of aromatic amines is 1. The van der Waals surface area contributed by atoms with Gasteiger partial charge in [-0.05, 0) is 11.8 Å². The van der Waals surface area contributed by atoms with Gasteiger partial charge in [0.1, 0.15) is 12.7 Å². The first-order valence-corrected chi connectivity index (χ1v) is 4.78. The number of hydrogen-bond donors (Lipinski definition) is 3. The molecule has 0 bridgehead atoms. The molecule has 8 nitrogen and oxygen atoms in total. The van der Waals surface area contributed by atoms with Crippen LogP contribution in [0.2, 0.25) is 0 Å². The van der Waals surface area contributed by atoms with Crippen LogP contribution in [-0.4, -0.2) is 29.9 Å². The summed E-state index contributed by atoms with van der Waals surface area (Å²) in [6.45, 7) is 0. The molecule has 9 heteroatoms. The molecule has 80 valence electrons. The van der Waals surface area contributed by atoms with Crippen molar-refractivity contribution in [3.05, 3.63) is 17.9 Å². The lowest BCUT2D eigenvalue weighted by molar-refractivity contribution is -0.994. The van der Waals surface area contributed by atoms with Crippen molar-refractivity contribution < 1.29 is 10.4 Å². The van der Waals surface area contributed by atoms with Crippen molar-refractivity contribution in [1.29, 1.82) is 0 Å². The van der Waals surface area contributed by atoms with Crippen molar-refractivity contribution in [2.45, 2.75) is 10.2 Å². The first kappa shape index (κ1) is 10.1. The number of nitrogens with one attached hydrogen (secondary N) is 2. The average molecular weight is 228 g/mol. The van der Waals surface area contributed by atoms with Gasteiger partial charge in [-0.3, -0.25) is 5.10 Å². The number of quaternary nitrogens is 1. The van der Waals surface area contributed by atoms with Gasteiger partial charge in [0.05, 0.1) is 0 Å². The van der Waals surface area contributed by atoms with Crippen LogP contribution in [0.1, 0.15) is 0 Å². The maximum atomic E-state index is 10.8. The summed E-state index contributed by atoms with van der Waals surface area (Å²) >= 11 is 1.17. The third-order valence-electron chi connectivity index (χ3n) is 1.67. The number of rotatable bonds is 3. The van der Waals surface area contributed by atoms with Crippen molar-refractivity contribution in [2.75, 3.05) is 0 Å². The highest BCUT2D eigenvalue weighted by Gasteiger charge is 2.17. The quantitative estimate of drug-likeness (QED) is 0.587. The lowest BCUT2D eigenvalue weighted by Crippen LogP contribution is -2.99. The molecule has 1 atom stereocenters. The first-order valence-electron chi connectivity index (χ1n) is 3.96. The van der Waals surface area contributed by atoms with E-state index in [2.05, 4.69) is 20.2 Å². The standard InChI is InChI=1S/C6H8N6O2S/c1-11-3-8-4(12(13)14)5(11)15-6-7-2-9-10-6/h2-3,12-13H,1H3,(H,7,9,10). The summed E-state index contributed by atoms with van der Waals surface area (Å²) in [6.07, 6.45) is 2.81. The molecule has 0 spiro atoms. The Morgan fingerprint density at radius 3 is 3.00 bits per heavy atom. The molecule has 15 heavy (non-hydrogen) atoms. The minimum absolute atomic E-state index is 0.0129. The van der Waals surface area contributed by atoms with E-state index in [0.29, 0.717) is 10.2 Å². The molecule has 0 amide bonds. The van der Waals surface area contributed by atoms with E-state index in [9.17, 15) is 5.21 Å². The smallest absolute Gasteiger partial charge is 0.291 e. The zero-order chi connectivity index (χ0) is 10.8. The normalized spacial score (nSPS) is 13.0. The van der Waals surface area contributed by atoms with Crippen LogP contribution in [0.5, 0.6) is 0 Å². The Morgan fingerprint density at radius 2 is 2.40 bits per heavy atom. The van der Waals surface area contributed by atoms with Gasteiger partial charge in [-0.2, -0.15) is 15.3 Å². The summed E-state index contributed by atoms with van der Waals surface area (Å²) in [7, 11) is 1.72.